The van der Waals surface area contributed by atoms with Crippen molar-refractivity contribution < 1.29 is 4.39 Å². The van der Waals surface area contributed by atoms with Crippen molar-refractivity contribution in [3.05, 3.63) is 0 Å². The fourth-order valence-electron chi connectivity index (χ4n) is 0. The van der Waals surface area contributed by atoms with Crippen molar-refractivity contribution in [2.24, 2.45) is 0 Å². The number of halogens is 2. The summed E-state index contributed by atoms with van der Waals surface area (Å²) in [7, 11) is 1.90. The molecule has 0 saturated carbocycles. The fourth-order valence-corrected chi connectivity index (χ4v) is 0. The molecule has 0 saturated heterocycles. The second kappa shape index (κ2) is 3.35. The van der Waals surface area contributed by atoms with E-state index in [1.54, 1.807) is 0 Å². The van der Waals surface area contributed by atoms with Gasteiger partial charge in [-0.3, -0.25) is 0 Å². The molecule has 0 bridgehead atoms. The molecule has 0 spiro atoms. The molecule has 0 amide bonds. The van der Waals surface area contributed by atoms with E-state index >= 15 is 0 Å². The summed E-state index contributed by atoms with van der Waals surface area (Å²) in [6.45, 7) is 0. The van der Waals surface area contributed by atoms with Crippen LogP contribution in [-0.2, 0) is 0 Å². The van der Waals surface area contributed by atoms with Crippen molar-refractivity contribution in [3.8, 4) is 0 Å². The van der Waals surface area contributed by atoms with E-state index in [0.717, 1.165) is 0 Å². The zero-order valence-corrected chi connectivity index (χ0v) is 5.96. The monoisotopic (exact) mass is 204 g/mol. The van der Waals surface area contributed by atoms with E-state index in [1.807, 2.05) is 7.57 Å². The first-order valence-corrected chi connectivity index (χ1v) is 5.96. The molecule has 0 radical (unpaired) electrons. The fraction of sp³-hybridized carbons (Fsp3) is 1.00. The Kier molecular flexibility index (Phi) is 4.12. The van der Waals surface area contributed by atoms with Gasteiger partial charge in [0.2, 0.25) is 0 Å². The topological polar surface area (TPSA) is 0 Å². The Labute approximate surface area is 46.1 Å². The van der Waals surface area contributed by atoms with Gasteiger partial charge in [-0.25, -0.2) is 4.39 Å². The van der Waals surface area contributed by atoms with Crippen LogP contribution in [0.3, 0.4) is 0 Å². The number of alkyl halides is 1. The summed E-state index contributed by atoms with van der Waals surface area (Å²) in [5.41, 5.74) is -0.295. The lowest BCUT2D eigenvalue weighted by molar-refractivity contribution is 0.604. The standard InChI is InChI=1S/CH4BFIP/c2-5(4)1-3/h1-2H2. The van der Waals surface area contributed by atoms with Crippen molar-refractivity contribution in [3.63, 3.8) is 0 Å². The zero-order chi connectivity index (χ0) is 4.28. The molecule has 30 valence electrons. The lowest BCUT2D eigenvalue weighted by atomic mass is 10.8. The minimum absolute atomic E-state index is 0.143. The number of hydrogen-bond donors (Lipinski definition) is 0. The van der Waals surface area contributed by atoms with Gasteiger partial charge in [0.25, 0.3) is 0 Å². The Bertz CT molecular complexity index is 25.6. The lowest BCUT2D eigenvalue weighted by Crippen LogP contribution is -1.56. The first-order chi connectivity index (χ1) is 2.27. The largest absolute Gasteiger partial charge is 0.246 e. The molecular weight excluding hydrogens is 200 g/mol. The van der Waals surface area contributed by atoms with Gasteiger partial charge >= 0.3 is 0 Å². The van der Waals surface area contributed by atoms with Crippen LogP contribution in [0.15, 0.2) is 0 Å². The molecule has 4 heteroatoms. The molecule has 0 N–H and O–H groups in total. The van der Waals surface area contributed by atoms with Crippen LogP contribution in [-0.4, -0.2) is 14.0 Å². The van der Waals surface area contributed by atoms with Crippen molar-refractivity contribution in [2.75, 3.05) is 6.42 Å². The maximum absolute atomic E-state index is 11.1. The molecule has 0 aromatic heterocycles. The Morgan fingerprint density at radius 3 is 2.20 bits per heavy atom. The summed E-state index contributed by atoms with van der Waals surface area (Å²) >= 11 is 2.10. The summed E-state index contributed by atoms with van der Waals surface area (Å²) in [5, 5.41) is 0. The molecule has 0 aliphatic heterocycles. The first kappa shape index (κ1) is 6.15. The molecule has 0 rings (SSSR count). The molecular formula is CH4BFIP. The van der Waals surface area contributed by atoms with Gasteiger partial charge in [0.15, 0.2) is 0 Å². The van der Waals surface area contributed by atoms with Crippen LogP contribution in [0.2, 0.25) is 0 Å². The van der Waals surface area contributed by atoms with Crippen molar-refractivity contribution >= 4 is 35.0 Å². The SMILES string of the molecule is BP(I)CF. The van der Waals surface area contributed by atoms with Crippen LogP contribution in [0.25, 0.3) is 0 Å². The molecule has 0 nitrogen and oxygen atoms in total. The van der Waals surface area contributed by atoms with E-state index < -0.39 is 0 Å². The molecule has 5 heavy (non-hydrogen) atoms. The van der Waals surface area contributed by atoms with Gasteiger partial charge in [0.05, 0.1) is 0 Å². The molecule has 0 aliphatic rings. The lowest BCUT2D eigenvalue weighted by Gasteiger charge is -1.85. The Morgan fingerprint density at radius 2 is 2.20 bits per heavy atom. The van der Waals surface area contributed by atoms with Gasteiger partial charge in [-0.15, -0.1) is 0 Å². The second-order valence-electron chi connectivity index (χ2n) is 0.724. The van der Waals surface area contributed by atoms with Crippen LogP contribution in [0.1, 0.15) is 0 Å². The number of hydrogen-bond acceptors (Lipinski definition) is 0. The highest BCUT2D eigenvalue weighted by molar-refractivity contribution is 14.2. The predicted octanol–water partition coefficient (Wildman–Crippen LogP) is 1.29. The summed E-state index contributed by atoms with van der Waals surface area (Å²) in [4.78, 5) is 0. The summed E-state index contributed by atoms with van der Waals surface area (Å²) in [5.74, 6) is 0. The van der Waals surface area contributed by atoms with Gasteiger partial charge in [-0.1, -0.05) is 27.5 Å². The predicted molar refractivity (Wildman–Crippen MR) is 35.5 cm³/mol. The molecule has 1 atom stereocenters. The summed E-state index contributed by atoms with van der Waals surface area (Å²) < 4.78 is 11.1. The second-order valence-corrected chi connectivity index (χ2v) is 7.11. The van der Waals surface area contributed by atoms with Crippen LogP contribution >= 0.6 is 27.5 Å². The van der Waals surface area contributed by atoms with E-state index in [9.17, 15) is 4.39 Å². The van der Waals surface area contributed by atoms with E-state index in [1.165, 1.54) is 0 Å². The minimum Gasteiger partial charge on any atom is -0.246 e. The maximum Gasteiger partial charge on any atom is 0.150 e. The van der Waals surface area contributed by atoms with Gasteiger partial charge in [-0.2, -0.15) is 0 Å². The van der Waals surface area contributed by atoms with Gasteiger partial charge in [-0.05, 0) is 0 Å². The molecule has 1 unspecified atom stereocenters. The average Bonchev–Trinajstić information content (AvgIpc) is 1.38. The highest BCUT2D eigenvalue weighted by Gasteiger charge is 1.85. The molecule has 0 aromatic carbocycles. The van der Waals surface area contributed by atoms with Gasteiger partial charge in [0, 0.05) is 0 Å². The van der Waals surface area contributed by atoms with E-state index in [2.05, 4.69) is 22.0 Å². The van der Waals surface area contributed by atoms with E-state index in [-0.39, 0.29) is 11.9 Å². The van der Waals surface area contributed by atoms with E-state index in [0.29, 0.717) is 0 Å². The highest BCUT2D eigenvalue weighted by atomic mass is 127. The van der Waals surface area contributed by atoms with E-state index in [4.69, 9.17) is 0 Å². The maximum atomic E-state index is 11.1. The third kappa shape index (κ3) is 5.15. The molecule has 0 aliphatic carbocycles. The highest BCUT2D eigenvalue weighted by Crippen LogP contribution is 2.38. The first-order valence-electron chi connectivity index (χ1n) is 1.20. The van der Waals surface area contributed by atoms with Crippen LogP contribution < -0.4 is 0 Å². The number of rotatable bonds is 1. The Balaban J connectivity index is 2.54. The van der Waals surface area contributed by atoms with Gasteiger partial charge in [0.1, 0.15) is 14.0 Å². The normalized spacial score (nSPS) is 14.8. The third-order valence-electron chi connectivity index (χ3n) is 0.165. The quantitative estimate of drug-likeness (QED) is 0.342. The molecule has 0 fully saturated rings. The van der Waals surface area contributed by atoms with Crippen LogP contribution in [0, 0.1) is 0 Å². The minimum atomic E-state index is -0.295. The smallest absolute Gasteiger partial charge is 0.150 e. The zero-order valence-electron chi connectivity index (χ0n) is 2.91. The van der Waals surface area contributed by atoms with Crippen molar-refractivity contribution in [1.29, 1.82) is 0 Å². The van der Waals surface area contributed by atoms with Crippen molar-refractivity contribution in [2.45, 2.75) is 0 Å². The Hall–Kier alpha value is 1.15. The van der Waals surface area contributed by atoms with Crippen LogP contribution in [0.4, 0.5) is 4.39 Å². The Morgan fingerprint density at radius 1 is 2.00 bits per heavy atom. The summed E-state index contributed by atoms with van der Waals surface area (Å²) in [6.07, 6.45) is -0.143. The molecule has 0 aromatic rings. The molecule has 0 heterocycles. The van der Waals surface area contributed by atoms with Crippen LogP contribution in [0.5, 0.6) is 0 Å². The average molecular weight is 204 g/mol. The summed E-state index contributed by atoms with van der Waals surface area (Å²) in [6, 6.07) is 0. The van der Waals surface area contributed by atoms with Gasteiger partial charge < -0.3 is 0 Å². The van der Waals surface area contributed by atoms with Crippen molar-refractivity contribution in [1.82, 2.24) is 0 Å². The third-order valence-corrected chi connectivity index (χ3v) is 1.27.